The number of urea groups is 1. The molecular weight excluding hydrogens is 430 g/mol. The number of imide groups is 1. The number of benzene rings is 2. The first-order valence-corrected chi connectivity index (χ1v) is 9.94. The lowest BCUT2D eigenvalue weighted by molar-refractivity contribution is -0.137. The number of halogens is 4. The van der Waals surface area contributed by atoms with Crippen LogP contribution >= 0.6 is 0 Å². The molecule has 1 spiro atoms. The number of cyclic esters (lactones) is 1. The van der Waals surface area contributed by atoms with Gasteiger partial charge in [-0.1, -0.05) is 12.1 Å². The van der Waals surface area contributed by atoms with Crippen LogP contribution in [-0.4, -0.2) is 36.7 Å². The number of hydrogen-bond donors (Lipinski definition) is 1. The maximum atomic E-state index is 13.9. The predicted molar refractivity (Wildman–Crippen MR) is 107 cm³/mol. The number of nitrogens with zero attached hydrogens (tertiary/aromatic N) is 2. The fourth-order valence-electron chi connectivity index (χ4n) is 3.97. The largest absolute Gasteiger partial charge is 0.438 e. The van der Waals surface area contributed by atoms with Crippen LogP contribution in [0.3, 0.4) is 0 Å². The highest BCUT2D eigenvalue weighted by molar-refractivity contribution is 5.94. The predicted octanol–water partition coefficient (Wildman–Crippen LogP) is 4.85. The third-order valence-electron chi connectivity index (χ3n) is 5.72. The second-order valence-corrected chi connectivity index (χ2v) is 8.20. The minimum atomic E-state index is -4.76. The molecule has 2 aromatic rings. The van der Waals surface area contributed by atoms with Crippen LogP contribution in [0.5, 0.6) is 0 Å². The molecule has 0 radical (unpaired) electrons. The van der Waals surface area contributed by atoms with Crippen molar-refractivity contribution in [1.29, 1.82) is 0 Å². The molecule has 0 aromatic heterocycles. The molecule has 2 aliphatic rings. The standard InChI is InChI=1S/C22H21F4N3O3/c1-28(2)17-5-3-4-13(8-17)12-27-19(30)29-20(31)32-18(21(29)6-7-21)14-9-15(22(24,25)26)11-16(23)10-14/h3-5,8-11,18H,6-7,12H2,1-2H3,(H,27,30)/t18-/m1/s1. The van der Waals surface area contributed by atoms with Gasteiger partial charge in [0, 0.05) is 26.3 Å². The van der Waals surface area contributed by atoms with Gasteiger partial charge in [-0.15, -0.1) is 0 Å². The van der Waals surface area contributed by atoms with Gasteiger partial charge in [0.25, 0.3) is 0 Å². The number of rotatable bonds is 4. The molecule has 1 aliphatic carbocycles. The number of nitrogens with one attached hydrogen (secondary N) is 1. The second kappa shape index (κ2) is 7.68. The maximum Gasteiger partial charge on any atom is 0.419 e. The molecule has 1 atom stereocenters. The Labute approximate surface area is 181 Å². The van der Waals surface area contributed by atoms with Gasteiger partial charge >= 0.3 is 18.3 Å². The van der Waals surface area contributed by atoms with Crippen LogP contribution in [0.4, 0.5) is 32.8 Å². The molecular formula is C22H21F4N3O3. The highest BCUT2D eigenvalue weighted by Crippen LogP contribution is 2.57. The zero-order valence-corrected chi connectivity index (χ0v) is 17.4. The Bertz CT molecular complexity index is 1070. The summed E-state index contributed by atoms with van der Waals surface area (Å²) in [6.45, 7) is 0.142. The minimum absolute atomic E-state index is 0.128. The summed E-state index contributed by atoms with van der Waals surface area (Å²) in [5.74, 6) is -1.09. The van der Waals surface area contributed by atoms with E-state index in [4.69, 9.17) is 4.74 Å². The molecule has 10 heteroatoms. The fraction of sp³-hybridized carbons (Fsp3) is 0.364. The van der Waals surface area contributed by atoms with Crippen molar-refractivity contribution >= 4 is 17.8 Å². The van der Waals surface area contributed by atoms with Crippen LogP contribution in [-0.2, 0) is 17.5 Å². The van der Waals surface area contributed by atoms with Gasteiger partial charge in [0.05, 0.1) is 11.1 Å². The molecule has 1 saturated carbocycles. The molecule has 3 amide bonds. The number of ether oxygens (including phenoxy) is 1. The Hall–Kier alpha value is -3.30. The van der Waals surface area contributed by atoms with Crippen LogP contribution in [0.1, 0.15) is 35.6 Å². The van der Waals surface area contributed by atoms with Gasteiger partial charge in [0.1, 0.15) is 5.82 Å². The van der Waals surface area contributed by atoms with Crippen LogP contribution in [0, 0.1) is 5.82 Å². The molecule has 2 fully saturated rings. The molecule has 170 valence electrons. The summed E-state index contributed by atoms with van der Waals surface area (Å²) in [4.78, 5) is 28.1. The molecule has 1 aliphatic heterocycles. The Kier molecular flexibility index (Phi) is 5.26. The quantitative estimate of drug-likeness (QED) is 0.676. The number of hydrogen-bond acceptors (Lipinski definition) is 4. The number of carbonyl (C=O) groups excluding carboxylic acids is 2. The number of carbonyl (C=O) groups is 2. The van der Waals surface area contributed by atoms with Crippen LogP contribution < -0.4 is 10.2 Å². The van der Waals surface area contributed by atoms with Gasteiger partial charge < -0.3 is 15.0 Å². The maximum absolute atomic E-state index is 13.9. The van der Waals surface area contributed by atoms with Crippen molar-refractivity contribution in [3.05, 3.63) is 65.0 Å². The van der Waals surface area contributed by atoms with Crippen molar-refractivity contribution < 1.29 is 31.9 Å². The zero-order chi connectivity index (χ0) is 23.3. The van der Waals surface area contributed by atoms with Crippen LogP contribution in [0.2, 0.25) is 0 Å². The highest BCUT2D eigenvalue weighted by Gasteiger charge is 2.66. The van der Waals surface area contributed by atoms with E-state index >= 15 is 0 Å². The van der Waals surface area contributed by atoms with E-state index in [2.05, 4.69) is 5.32 Å². The topological polar surface area (TPSA) is 61.9 Å². The molecule has 1 N–H and O–H groups in total. The number of amides is 3. The van der Waals surface area contributed by atoms with E-state index in [0.717, 1.165) is 28.3 Å². The van der Waals surface area contributed by atoms with Gasteiger partial charge in [-0.2, -0.15) is 13.2 Å². The Balaban J connectivity index is 1.54. The molecule has 2 aromatic carbocycles. The molecule has 0 unspecified atom stereocenters. The minimum Gasteiger partial charge on any atom is -0.438 e. The third-order valence-corrected chi connectivity index (χ3v) is 5.72. The van der Waals surface area contributed by atoms with Crippen LogP contribution in [0.15, 0.2) is 42.5 Å². The van der Waals surface area contributed by atoms with Crippen LogP contribution in [0.25, 0.3) is 0 Å². The van der Waals surface area contributed by atoms with E-state index in [1.165, 1.54) is 0 Å². The Morgan fingerprint density at radius 3 is 2.56 bits per heavy atom. The van der Waals surface area contributed by atoms with E-state index in [1.54, 1.807) is 0 Å². The summed E-state index contributed by atoms with van der Waals surface area (Å²) in [5, 5.41) is 2.67. The van der Waals surface area contributed by atoms with Crippen molar-refractivity contribution in [3.63, 3.8) is 0 Å². The summed E-state index contributed by atoms with van der Waals surface area (Å²) >= 11 is 0. The fourth-order valence-corrected chi connectivity index (χ4v) is 3.97. The van der Waals surface area contributed by atoms with E-state index in [1.807, 2.05) is 43.3 Å². The number of alkyl halides is 3. The highest BCUT2D eigenvalue weighted by atomic mass is 19.4. The van der Waals surface area contributed by atoms with Crippen molar-refractivity contribution in [2.75, 3.05) is 19.0 Å². The molecule has 4 rings (SSSR count). The van der Waals surface area contributed by atoms with Crippen molar-refractivity contribution in [3.8, 4) is 0 Å². The van der Waals surface area contributed by atoms with Gasteiger partial charge in [0.2, 0.25) is 0 Å². The first kappa shape index (κ1) is 21.9. The lowest BCUT2D eigenvalue weighted by atomic mass is 9.98. The van der Waals surface area contributed by atoms with Gasteiger partial charge in [-0.25, -0.2) is 18.9 Å². The molecule has 6 nitrogen and oxygen atoms in total. The zero-order valence-electron chi connectivity index (χ0n) is 17.4. The summed E-state index contributed by atoms with van der Waals surface area (Å²) in [5.41, 5.74) is -0.690. The molecule has 1 saturated heterocycles. The van der Waals surface area contributed by atoms with E-state index in [-0.39, 0.29) is 12.1 Å². The summed E-state index contributed by atoms with van der Waals surface area (Å²) in [6, 6.07) is 8.77. The van der Waals surface area contributed by atoms with Gasteiger partial charge in [0.15, 0.2) is 6.10 Å². The smallest absolute Gasteiger partial charge is 0.419 e. The number of anilines is 1. The second-order valence-electron chi connectivity index (χ2n) is 8.20. The van der Waals surface area contributed by atoms with E-state index in [9.17, 15) is 27.2 Å². The summed E-state index contributed by atoms with van der Waals surface area (Å²) < 4.78 is 58.5. The molecule has 32 heavy (non-hydrogen) atoms. The summed E-state index contributed by atoms with van der Waals surface area (Å²) in [7, 11) is 3.76. The Morgan fingerprint density at radius 1 is 1.22 bits per heavy atom. The lowest BCUT2D eigenvalue weighted by Gasteiger charge is -2.23. The van der Waals surface area contributed by atoms with E-state index < -0.39 is 41.3 Å². The third kappa shape index (κ3) is 3.96. The first-order valence-electron chi connectivity index (χ1n) is 9.94. The summed E-state index contributed by atoms with van der Waals surface area (Å²) in [6.07, 6.45) is -6.19. The Morgan fingerprint density at radius 2 is 1.94 bits per heavy atom. The van der Waals surface area contributed by atoms with Crippen molar-refractivity contribution in [2.24, 2.45) is 0 Å². The molecule has 0 bridgehead atoms. The van der Waals surface area contributed by atoms with E-state index in [0.29, 0.717) is 18.9 Å². The average Bonchev–Trinajstić information content (AvgIpc) is 3.44. The first-order chi connectivity index (χ1) is 15.0. The SMILES string of the molecule is CN(C)c1cccc(CNC(=O)N2C(=O)O[C@H](c3cc(F)cc(C(F)(F)F)c3)C23CC3)c1. The average molecular weight is 451 g/mol. The monoisotopic (exact) mass is 451 g/mol. The lowest BCUT2D eigenvalue weighted by Crippen LogP contribution is -2.46. The van der Waals surface area contributed by atoms with Crippen molar-refractivity contribution in [1.82, 2.24) is 10.2 Å². The normalized spacial score (nSPS) is 19.1. The van der Waals surface area contributed by atoms with Crippen molar-refractivity contribution in [2.45, 2.75) is 37.2 Å². The van der Waals surface area contributed by atoms with Gasteiger partial charge in [-0.05, 0) is 54.3 Å². The molecule has 1 heterocycles. The van der Waals surface area contributed by atoms with Gasteiger partial charge in [-0.3, -0.25) is 0 Å².